The highest BCUT2D eigenvalue weighted by atomic mass is 16.1. The topological polar surface area (TPSA) is 34.0 Å². The fraction of sp³-hybridized carbons (Fsp3) is 0.211. The van der Waals surface area contributed by atoms with Crippen molar-refractivity contribution in [3.63, 3.8) is 0 Å². The van der Waals surface area contributed by atoms with Crippen molar-refractivity contribution >= 4 is 16.6 Å². The van der Waals surface area contributed by atoms with Crippen molar-refractivity contribution in [3.8, 4) is 0 Å². The lowest BCUT2D eigenvalue weighted by Crippen LogP contribution is -2.19. The molecule has 0 aliphatic carbocycles. The SMILES string of the molecule is Cc1ccc(Cc2c3n(c(=O)c4ccccc24)CCN3)cc1. The molecule has 3 nitrogen and oxygen atoms in total. The van der Waals surface area contributed by atoms with Gasteiger partial charge in [-0.05, 0) is 23.9 Å². The van der Waals surface area contributed by atoms with Gasteiger partial charge in [0.1, 0.15) is 5.82 Å². The first kappa shape index (κ1) is 13.1. The van der Waals surface area contributed by atoms with Crippen molar-refractivity contribution in [1.82, 2.24) is 4.57 Å². The van der Waals surface area contributed by atoms with Gasteiger partial charge in [0.2, 0.25) is 0 Å². The first-order valence-electron chi connectivity index (χ1n) is 7.68. The Balaban J connectivity index is 1.95. The van der Waals surface area contributed by atoms with Crippen molar-refractivity contribution in [2.75, 3.05) is 11.9 Å². The van der Waals surface area contributed by atoms with Gasteiger partial charge in [0.25, 0.3) is 5.56 Å². The second-order valence-electron chi connectivity index (χ2n) is 5.92. The summed E-state index contributed by atoms with van der Waals surface area (Å²) >= 11 is 0. The van der Waals surface area contributed by atoms with E-state index in [1.165, 1.54) is 16.7 Å². The summed E-state index contributed by atoms with van der Waals surface area (Å²) in [6, 6.07) is 16.5. The Kier molecular flexibility index (Phi) is 3.00. The molecule has 3 heteroatoms. The van der Waals surface area contributed by atoms with Gasteiger partial charge in [-0.2, -0.15) is 0 Å². The Morgan fingerprint density at radius 1 is 1.05 bits per heavy atom. The Morgan fingerprint density at radius 3 is 2.55 bits per heavy atom. The van der Waals surface area contributed by atoms with Crippen LogP contribution in [-0.2, 0) is 13.0 Å². The smallest absolute Gasteiger partial charge is 0.260 e. The number of pyridine rings is 1. The summed E-state index contributed by atoms with van der Waals surface area (Å²) in [5.74, 6) is 0.990. The summed E-state index contributed by atoms with van der Waals surface area (Å²) < 4.78 is 1.88. The van der Waals surface area contributed by atoms with Gasteiger partial charge < -0.3 is 5.32 Å². The van der Waals surface area contributed by atoms with Gasteiger partial charge in [0.05, 0.1) is 0 Å². The maximum Gasteiger partial charge on any atom is 0.260 e. The quantitative estimate of drug-likeness (QED) is 0.785. The predicted octanol–water partition coefficient (Wildman–Crippen LogP) is 3.33. The third kappa shape index (κ3) is 2.01. The first-order chi connectivity index (χ1) is 10.7. The molecule has 3 aromatic rings. The van der Waals surface area contributed by atoms with E-state index in [0.717, 1.165) is 36.1 Å². The van der Waals surface area contributed by atoms with Crippen LogP contribution < -0.4 is 10.9 Å². The van der Waals surface area contributed by atoms with Crippen molar-refractivity contribution in [1.29, 1.82) is 0 Å². The number of benzene rings is 2. The van der Waals surface area contributed by atoms with E-state index in [0.29, 0.717) is 0 Å². The van der Waals surface area contributed by atoms with Gasteiger partial charge in [-0.25, -0.2) is 0 Å². The van der Waals surface area contributed by atoms with Gasteiger partial charge >= 0.3 is 0 Å². The zero-order chi connectivity index (χ0) is 15.1. The van der Waals surface area contributed by atoms with Crippen LogP contribution in [0.15, 0.2) is 53.3 Å². The summed E-state index contributed by atoms with van der Waals surface area (Å²) in [4.78, 5) is 12.6. The highest BCUT2D eigenvalue weighted by Crippen LogP contribution is 2.28. The van der Waals surface area contributed by atoms with E-state index in [1.54, 1.807) is 0 Å². The Hall–Kier alpha value is -2.55. The van der Waals surface area contributed by atoms with Crippen molar-refractivity contribution in [3.05, 3.63) is 75.6 Å². The van der Waals surface area contributed by atoms with E-state index in [-0.39, 0.29) is 5.56 Å². The van der Waals surface area contributed by atoms with Crippen LogP contribution in [0.3, 0.4) is 0 Å². The van der Waals surface area contributed by atoms with E-state index in [1.807, 2.05) is 22.8 Å². The number of nitrogens with zero attached hydrogens (tertiary/aromatic N) is 1. The molecule has 0 saturated carbocycles. The van der Waals surface area contributed by atoms with Gasteiger partial charge in [-0.3, -0.25) is 9.36 Å². The molecular weight excluding hydrogens is 272 g/mol. The molecule has 2 aromatic carbocycles. The van der Waals surface area contributed by atoms with Crippen LogP contribution in [0.2, 0.25) is 0 Å². The first-order valence-corrected chi connectivity index (χ1v) is 7.68. The normalized spacial score (nSPS) is 13.1. The number of aromatic nitrogens is 1. The van der Waals surface area contributed by atoms with Crippen LogP contribution in [-0.4, -0.2) is 11.1 Å². The van der Waals surface area contributed by atoms with E-state index < -0.39 is 0 Å². The minimum Gasteiger partial charge on any atom is -0.369 e. The molecule has 1 N–H and O–H groups in total. The number of hydrogen-bond donors (Lipinski definition) is 1. The summed E-state index contributed by atoms with van der Waals surface area (Å²) in [6.07, 6.45) is 0.837. The highest BCUT2D eigenvalue weighted by Gasteiger charge is 2.19. The lowest BCUT2D eigenvalue weighted by atomic mass is 9.99. The second-order valence-corrected chi connectivity index (χ2v) is 5.92. The molecule has 0 amide bonds. The average molecular weight is 290 g/mol. The van der Waals surface area contributed by atoms with E-state index >= 15 is 0 Å². The fourth-order valence-electron chi connectivity index (χ4n) is 3.26. The number of hydrogen-bond acceptors (Lipinski definition) is 2. The van der Waals surface area contributed by atoms with Crippen LogP contribution in [0.1, 0.15) is 16.7 Å². The molecule has 1 aromatic heterocycles. The Bertz CT molecular complexity index is 907. The molecule has 0 bridgehead atoms. The predicted molar refractivity (Wildman–Crippen MR) is 90.7 cm³/mol. The third-order valence-corrected chi connectivity index (χ3v) is 4.41. The molecular formula is C19H18N2O. The number of nitrogens with one attached hydrogen (secondary N) is 1. The van der Waals surface area contributed by atoms with E-state index in [9.17, 15) is 4.79 Å². The molecule has 0 unspecified atom stereocenters. The van der Waals surface area contributed by atoms with Gasteiger partial charge in [-0.15, -0.1) is 0 Å². The molecule has 22 heavy (non-hydrogen) atoms. The molecule has 0 atom stereocenters. The molecule has 1 aliphatic heterocycles. The second kappa shape index (κ2) is 5.02. The minimum absolute atomic E-state index is 0.114. The third-order valence-electron chi connectivity index (χ3n) is 4.41. The van der Waals surface area contributed by atoms with E-state index in [4.69, 9.17) is 0 Å². The number of aryl methyl sites for hydroxylation is 1. The Labute approximate surface area is 129 Å². The van der Waals surface area contributed by atoms with Gasteiger partial charge in [0, 0.05) is 30.5 Å². The molecule has 2 heterocycles. The van der Waals surface area contributed by atoms with E-state index in [2.05, 4.69) is 42.6 Å². The molecule has 0 fully saturated rings. The van der Waals surface area contributed by atoms with Gasteiger partial charge in [0.15, 0.2) is 0 Å². The minimum atomic E-state index is 0.114. The molecule has 0 spiro atoms. The van der Waals surface area contributed by atoms with Crippen LogP contribution in [0.25, 0.3) is 10.8 Å². The maximum atomic E-state index is 12.6. The van der Waals surface area contributed by atoms with Crippen molar-refractivity contribution in [2.45, 2.75) is 19.9 Å². The zero-order valence-corrected chi connectivity index (χ0v) is 12.6. The fourth-order valence-corrected chi connectivity index (χ4v) is 3.26. The molecule has 0 radical (unpaired) electrons. The lowest BCUT2D eigenvalue weighted by molar-refractivity contribution is 0.777. The number of anilines is 1. The van der Waals surface area contributed by atoms with Crippen LogP contribution in [0, 0.1) is 6.92 Å². The summed E-state index contributed by atoms with van der Waals surface area (Å²) in [5, 5.41) is 5.28. The summed E-state index contributed by atoms with van der Waals surface area (Å²) in [7, 11) is 0. The van der Waals surface area contributed by atoms with Crippen molar-refractivity contribution < 1.29 is 0 Å². The standard InChI is InChI=1S/C19H18N2O/c1-13-6-8-14(9-7-13)12-17-15-4-2-3-5-16(15)19(22)21-11-10-20-18(17)21/h2-9,20H,10-12H2,1H3. The molecule has 1 aliphatic rings. The highest BCUT2D eigenvalue weighted by molar-refractivity contribution is 5.89. The van der Waals surface area contributed by atoms with Gasteiger partial charge in [-0.1, -0.05) is 48.0 Å². The number of fused-ring (bicyclic) bond motifs is 2. The van der Waals surface area contributed by atoms with Crippen LogP contribution >= 0.6 is 0 Å². The molecule has 4 rings (SSSR count). The molecule has 0 saturated heterocycles. The molecule has 110 valence electrons. The maximum absolute atomic E-state index is 12.6. The largest absolute Gasteiger partial charge is 0.369 e. The van der Waals surface area contributed by atoms with Crippen LogP contribution in [0.5, 0.6) is 0 Å². The summed E-state index contributed by atoms with van der Waals surface area (Å²) in [5.41, 5.74) is 3.87. The Morgan fingerprint density at radius 2 is 1.77 bits per heavy atom. The van der Waals surface area contributed by atoms with Crippen molar-refractivity contribution in [2.24, 2.45) is 0 Å². The van der Waals surface area contributed by atoms with Crippen LogP contribution in [0.4, 0.5) is 5.82 Å². The number of rotatable bonds is 2. The summed E-state index contributed by atoms with van der Waals surface area (Å²) in [6.45, 7) is 3.67. The lowest BCUT2D eigenvalue weighted by Gasteiger charge is -2.14. The monoisotopic (exact) mass is 290 g/mol. The average Bonchev–Trinajstić information content (AvgIpc) is 3.03. The zero-order valence-electron chi connectivity index (χ0n) is 12.6.